The third kappa shape index (κ3) is 4.03. The molecule has 3 aromatic rings. The molecule has 0 radical (unpaired) electrons. The van der Waals surface area contributed by atoms with Gasteiger partial charge in [0.25, 0.3) is 5.91 Å². The van der Waals surface area contributed by atoms with Gasteiger partial charge in [-0.1, -0.05) is 24.3 Å². The number of rotatable bonds is 3. The molecule has 0 atom stereocenters. The van der Waals surface area contributed by atoms with Crippen molar-refractivity contribution >= 4 is 16.8 Å². The van der Waals surface area contributed by atoms with Crippen molar-refractivity contribution in [3.8, 4) is 0 Å². The number of nitrogens with one attached hydrogen (secondary N) is 1. The highest BCUT2D eigenvalue weighted by molar-refractivity contribution is 5.98. The van der Waals surface area contributed by atoms with Crippen LogP contribution >= 0.6 is 0 Å². The van der Waals surface area contributed by atoms with Crippen LogP contribution < -0.4 is 0 Å². The second-order valence-corrected chi connectivity index (χ2v) is 7.32. The van der Waals surface area contributed by atoms with Crippen molar-refractivity contribution in [1.82, 2.24) is 14.8 Å². The number of aryl methyl sites for hydroxylation is 1. The Bertz CT molecular complexity index is 948. The molecule has 2 aromatic carbocycles. The van der Waals surface area contributed by atoms with Gasteiger partial charge >= 0.3 is 0 Å². The van der Waals surface area contributed by atoms with Crippen molar-refractivity contribution in [2.24, 2.45) is 0 Å². The van der Waals surface area contributed by atoms with Crippen LogP contribution in [0.15, 0.2) is 48.5 Å². The molecule has 4 rings (SSSR count). The maximum atomic E-state index is 13.1. The lowest BCUT2D eigenvalue weighted by Gasteiger charge is -2.21. The number of aromatic amines is 1. The van der Waals surface area contributed by atoms with Crippen molar-refractivity contribution in [2.45, 2.75) is 19.9 Å². The summed E-state index contributed by atoms with van der Waals surface area (Å²) >= 11 is 0. The molecule has 1 aliphatic heterocycles. The van der Waals surface area contributed by atoms with E-state index in [9.17, 15) is 9.18 Å². The van der Waals surface area contributed by atoms with Gasteiger partial charge in [-0.3, -0.25) is 9.69 Å². The molecule has 1 fully saturated rings. The van der Waals surface area contributed by atoms with E-state index in [0.717, 1.165) is 49.1 Å². The predicted octanol–water partition coefficient (Wildman–Crippen LogP) is 3.96. The molecular formula is C22H24FN3O. The van der Waals surface area contributed by atoms with Gasteiger partial charge in [-0.05, 0) is 48.7 Å². The van der Waals surface area contributed by atoms with E-state index in [1.807, 2.05) is 36.1 Å². The Morgan fingerprint density at radius 1 is 1.04 bits per heavy atom. The number of halogens is 1. The van der Waals surface area contributed by atoms with E-state index in [-0.39, 0.29) is 11.7 Å². The molecule has 1 aromatic heterocycles. The van der Waals surface area contributed by atoms with Crippen molar-refractivity contribution in [3.05, 3.63) is 71.2 Å². The molecule has 1 saturated heterocycles. The van der Waals surface area contributed by atoms with E-state index in [1.54, 1.807) is 0 Å². The van der Waals surface area contributed by atoms with E-state index >= 15 is 0 Å². The van der Waals surface area contributed by atoms with E-state index in [0.29, 0.717) is 12.2 Å². The van der Waals surface area contributed by atoms with Crippen LogP contribution in [0.4, 0.5) is 4.39 Å². The maximum Gasteiger partial charge on any atom is 0.270 e. The van der Waals surface area contributed by atoms with Gasteiger partial charge in [0.2, 0.25) is 0 Å². The number of benzene rings is 2. The molecule has 0 spiro atoms. The van der Waals surface area contributed by atoms with E-state index in [4.69, 9.17) is 0 Å². The fourth-order valence-electron chi connectivity index (χ4n) is 3.71. The van der Waals surface area contributed by atoms with Crippen LogP contribution in [0.2, 0.25) is 0 Å². The zero-order chi connectivity index (χ0) is 18.8. The molecule has 0 unspecified atom stereocenters. The first-order valence-electron chi connectivity index (χ1n) is 9.44. The summed E-state index contributed by atoms with van der Waals surface area (Å²) in [6, 6.07) is 14.8. The molecule has 0 bridgehead atoms. The Morgan fingerprint density at radius 3 is 2.67 bits per heavy atom. The van der Waals surface area contributed by atoms with Gasteiger partial charge in [-0.2, -0.15) is 0 Å². The smallest absolute Gasteiger partial charge is 0.270 e. The third-order valence-corrected chi connectivity index (χ3v) is 5.20. The summed E-state index contributed by atoms with van der Waals surface area (Å²) in [7, 11) is 0. The van der Waals surface area contributed by atoms with Crippen LogP contribution in [0.25, 0.3) is 10.9 Å². The SMILES string of the molecule is Cc1ccc2cc(C(=O)N3CCCN(Cc4ccc(F)cc4)CC3)[nH]c2c1. The van der Waals surface area contributed by atoms with Crippen LogP contribution in [-0.4, -0.2) is 46.9 Å². The van der Waals surface area contributed by atoms with Gasteiger partial charge in [-0.15, -0.1) is 0 Å². The normalized spacial score (nSPS) is 15.9. The Kier molecular flexibility index (Phi) is 4.94. The lowest BCUT2D eigenvalue weighted by Crippen LogP contribution is -2.35. The number of hydrogen-bond donors (Lipinski definition) is 1. The van der Waals surface area contributed by atoms with Crippen LogP contribution in [0.5, 0.6) is 0 Å². The number of amides is 1. The Morgan fingerprint density at radius 2 is 1.85 bits per heavy atom. The number of carbonyl (C=O) groups excluding carboxylic acids is 1. The lowest BCUT2D eigenvalue weighted by molar-refractivity contribution is 0.0756. The third-order valence-electron chi connectivity index (χ3n) is 5.20. The topological polar surface area (TPSA) is 39.3 Å². The number of nitrogens with zero attached hydrogens (tertiary/aromatic N) is 2. The second kappa shape index (κ2) is 7.53. The van der Waals surface area contributed by atoms with Crippen molar-refractivity contribution in [3.63, 3.8) is 0 Å². The van der Waals surface area contributed by atoms with E-state index in [2.05, 4.69) is 22.0 Å². The zero-order valence-corrected chi connectivity index (χ0v) is 15.5. The number of aromatic nitrogens is 1. The first-order chi connectivity index (χ1) is 13.1. The summed E-state index contributed by atoms with van der Waals surface area (Å²) in [5, 5.41) is 1.07. The summed E-state index contributed by atoms with van der Waals surface area (Å²) < 4.78 is 13.1. The number of carbonyl (C=O) groups is 1. The van der Waals surface area contributed by atoms with Crippen LogP contribution in [-0.2, 0) is 6.54 Å². The van der Waals surface area contributed by atoms with Crippen molar-refractivity contribution < 1.29 is 9.18 Å². The van der Waals surface area contributed by atoms with E-state index < -0.39 is 0 Å². The zero-order valence-electron chi connectivity index (χ0n) is 15.5. The minimum Gasteiger partial charge on any atom is -0.351 e. The highest BCUT2D eigenvalue weighted by Gasteiger charge is 2.21. The van der Waals surface area contributed by atoms with Gasteiger partial charge in [0.1, 0.15) is 11.5 Å². The summed E-state index contributed by atoms with van der Waals surface area (Å²) in [4.78, 5) is 20.5. The molecule has 4 nitrogen and oxygen atoms in total. The molecule has 2 heterocycles. The molecule has 1 amide bonds. The molecule has 27 heavy (non-hydrogen) atoms. The highest BCUT2D eigenvalue weighted by atomic mass is 19.1. The molecule has 5 heteroatoms. The predicted molar refractivity (Wildman–Crippen MR) is 105 cm³/mol. The molecule has 0 saturated carbocycles. The summed E-state index contributed by atoms with van der Waals surface area (Å²) in [5.41, 5.74) is 3.94. The molecular weight excluding hydrogens is 341 g/mol. The minimum atomic E-state index is -0.208. The standard InChI is InChI=1S/C22H24FN3O/c1-16-3-6-18-14-21(24-20(18)13-16)22(27)26-10-2-9-25(11-12-26)15-17-4-7-19(23)8-5-17/h3-8,13-14,24H,2,9-12,15H2,1H3. The van der Waals surface area contributed by atoms with Gasteiger partial charge in [-0.25, -0.2) is 4.39 Å². The van der Waals surface area contributed by atoms with Crippen LogP contribution in [0.1, 0.15) is 28.0 Å². The van der Waals surface area contributed by atoms with Gasteiger partial charge in [0.15, 0.2) is 0 Å². The Hall–Kier alpha value is -2.66. The second-order valence-electron chi connectivity index (χ2n) is 7.32. The largest absolute Gasteiger partial charge is 0.351 e. The molecule has 1 N–H and O–H groups in total. The average Bonchev–Trinajstić information content (AvgIpc) is 2.94. The summed E-state index contributed by atoms with van der Waals surface area (Å²) in [6.07, 6.45) is 0.937. The van der Waals surface area contributed by atoms with Gasteiger partial charge in [0.05, 0.1) is 0 Å². The van der Waals surface area contributed by atoms with Crippen LogP contribution in [0.3, 0.4) is 0 Å². The fourth-order valence-corrected chi connectivity index (χ4v) is 3.71. The lowest BCUT2D eigenvalue weighted by atomic mass is 10.2. The quantitative estimate of drug-likeness (QED) is 0.763. The maximum absolute atomic E-state index is 13.1. The average molecular weight is 365 g/mol. The molecule has 0 aliphatic carbocycles. The summed E-state index contributed by atoms with van der Waals surface area (Å²) in [5.74, 6) is -0.146. The molecule has 140 valence electrons. The molecule has 1 aliphatic rings. The van der Waals surface area contributed by atoms with Crippen molar-refractivity contribution in [2.75, 3.05) is 26.2 Å². The van der Waals surface area contributed by atoms with Crippen LogP contribution in [0, 0.1) is 12.7 Å². The monoisotopic (exact) mass is 365 g/mol. The number of H-pyrrole nitrogens is 1. The number of fused-ring (bicyclic) bond motifs is 1. The fraction of sp³-hybridized carbons (Fsp3) is 0.318. The Balaban J connectivity index is 1.42. The van der Waals surface area contributed by atoms with E-state index in [1.165, 1.54) is 17.7 Å². The van der Waals surface area contributed by atoms with Gasteiger partial charge < -0.3 is 9.88 Å². The van der Waals surface area contributed by atoms with Gasteiger partial charge in [0, 0.05) is 43.6 Å². The Labute approximate surface area is 158 Å². The first kappa shape index (κ1) is 17.7. The minimum absolute atomic E-state index is 0.0625. The number of hydrogen-bond acceptors (Lipinski definition) is 2. The first-order valence-corrected chi connectivity index (χ1v) is 9.44. The highest BCUT2D eigenvalue weighted by Crippen LogP contribution is 2.19. The summed E-state index contributed by atoms with van der Waals surface area (Å²) in [6.45, 7) is 6.05. The van der Waals surface area contributed by atoms with Crippen molar-refractivity contribution in [1.29, 1.82) is 0 Å².